The van der Waals surface area contributed by atoms with Crippen molar-refractivity contribution in [3.05, 3.63) is 87.4 Å². The molecule has 36 heavy (non-hydrogen) atoms. The van der Waals surface area contributed by atoms with Gasteiger partial charge in [-0.25, -0.2) is 9.79 Å². The highest BCUT2D eigenvalue weighted by Gasteiger charge is 2.41. The van der Waals surface area contributed by atoms with Crippen LogP contribution in [-0.2, 0) is 20.7 Å². The Morgan fingerprint density at radius 2 is 1.97 bits per heavy atom. The Labute approximate surface area is 216 Å². The van der Waals surface area contributed by atoms with Gasteiger partial charge in [0.2, 0.25) is 5.91 Å². The fourth-order valence-corrected chi connectivity index (χ4v) is 5.32. The summed E-state index contributed by atoms with van der Waals surface area (Å²) >= 11 is 1.47. The first-order valence-corrected chi connectivity index (χ1v) is 13.0. The van der Waals surface area contributed by atoms with Gasteiger partial charge in [-0.3, -0.25) is 9.78 Å². The van der Waals surface area contributed by atoms with E-state index >= 15 is 0 Å². The summed E-state index contributed by atoms with van der Waals surface area (Å²) in [6, 6.07) is 11.6. The summed E-state index contributed by atoms with van der Waals surface area (Å²) in [4.78, 5) is 37.3. The van der Waals surface area contributed by atoms with E-state index in [0.717, 1.165) is 33.2 Å². The molecule has 0 spiro atoms. The van der Waals surface area contributed by atoms with Gasteiger partial charge in [0.1, 0.15) is 0 Å². The zero-order valence-electron chi connectivity index (χ0n) is 21.4. The summed E-state index contributed by atoms with van der Waals surface area (Å²) in [5.74, 6) is -0.469. The van der Waals surface area contributed by atoms with Crippen LogP contribution in [0.15, 0.2) is 70.0 Å². The van der Waals surface area contributed by atoms with E-state index in [1.165, 1.54) is 11.8 Å². The minimum absolute atomic E-state index is 0.0867. The topological polar surface area (TPSA) is 83.9 Å². The van der Waals surface area contributed by atoms with E-state index in [1.54, 1.807) is 6.20 Å². The predicted octanol–water partition coefficient (Wildman–Crippen LogP) is 4.97. The third-order valence-electron chi connectivity index (χ3n) is 6.06. The number of amides is 1. The number of amidine groups is 1. The molecule has 0 fully saturated rings. The van der Waals surface area contributed by atoms with Crippen molar-refractivity contribution in [1.29, 1.82) is 0 Å². The average Bonchev–Trinajstić information content (AvgIpc) is 3.21. The number of hydrogen-bond donors (Lipinski definition) is 1. The van der Waals surface area contributed by atoms with E-state index in [4.69, 9.17) is 9.73 Å². The van der Waals surface area contributed by atoms with Crippen LogP contribution in [0.1, 0.15) is 55.6 Å². The highest BCUT2D eigenvalue weighted by Crippen LogP contribution is 2.45. The van der Waals surface area contributed by atoms with E-state index in [0.29, 0.717) is 24.2 Å². The molecule has 1 atom stereocenters. The van der Waals surface area contributed by atoms with Crippen molar-refractivity contribution >= 4 is 28.8 Å². The van der Waals surface area contributed by atoms with Crippen molar-refractivity contribution in [3.63, 3.8) is 0 Å². The Bertz CT molecular complexity index is 1250. The van der Waals surface area contributed by atoms with Crippen LogP contribution in [0.5, 0.6) is 0 Å². The summed E-state index contributed by atoms with van der Waals surface area (Å²) in [5.41, 5.74) is 6.04. The predicted molar refractivity (Wildman–Crippen MR) is 143 cm³/mol. The van der Waals surface area contributed by atoms with Gasteiger partial charge in [0, 0.05) is 30.6 Å². The number of aromatic nitrogens is 1. The zero-order chi connectivity index (χ0) is 25.8. The van der Waals surface area contributed by atoms with E-state index in [2.05, 4.69) is 28.5 Å². The second-order valence-corrected chi connectivity index (χ2v) is 10.1. The van der Waals surface area contributed by atoms with Crippen LogP contribution in [0.25, 0.3) is 0 Å². The van der Waals surface area contributed by atoms with Crippen LogP contribution in [-0.4, -0.2) is 39.6 Å². The molecule has 188 valence electrons. The second kappa shape index (κ2) is 11.1. The highest BCUT2D eigenvalue weighted by molar-refractivity contribution is 8.16. The van der Waals surface area contributed by atoms with Gasteiger partial charge >= 0.3 is 5.97 Å². The number of nitrogens with one attached hydrogen (secondary N) is 1. The molecule has 0 aliphatic carbocycles. The number of carbonyl (C=O) groups excluding carboxylic acids is 2. The molecule has 0 unspecified atom stereocenters. The minimum atomic E-state index is -0.425. The average molecular weight is 505 g/mol. The zero-order valence-corrected chi connectivity index (χ0v) is 22.2. The number of fused-ring (bicyclic) bond motifs is 1. The number of rotatable bonds is 8. The number of aryl methyl sites for hydroxylation is 2. The van der Waals surface area contributed by atoms with Crippen LogP contribution in [0.3, 0.4) is 0 Å². The van der Waals surface area contributed by atoms with Crippen LogP contribution >= 0.6 is 11.8 Å². The number of nitrogens with zero attached hydrogens (tertiary/aromatic N) is 3. The van der Waals surface area contributed by atoms with Gasteiger partial charge < -0.3 is 15.0 Å². The molecular weight excluding hydrogens is 472 g/mol. The lowest BCUT2D eigenvalue weighted by Crippen LogP contribution is -2.38. The molecule has 3 heterocycles. The third kappa shape index (κ3) is 5.70. The molecule has 1 N–H and O–H groups in total. The van der Waals surface area contributed by atoms with Crippen molar-refractivity contribution in [2.24, 2.45) is 4.99 Å². The van der Waals surface area contributed by atoms with Gasteiger partial charge in [0.05, 0.1) is 29.8 Å². The summed E-state index contributed by atoms with van der Waals surface area (Å²) in [5, 5.41) is 5.72. The fourth-order valence-electron chi connectivity index (χ4n) is 4.36. The molecule has 7 nitrogen and oxygen atoms in total. The lowest BCUT2D eigenvalue weighted by Gasteiger charge is -2.37. The SMILES string of the molecule is CC1=C(C(=O)OC(C)C)[C@@H](c2cc(C)ccc2C)N2C(CC(=O)NCCc3ccccn3)=CSC2=N1. The van der Waals surface area contributed by atoms with Crippen LogP contribution in [0.4, 0.5) is 0 Å². The monoisotopic (exact) mass is 504 g/mol. The van der Waals surface area contributed by atoms with Gasteiger partial charge in [-0.1, -0.05) is 41.6 Å². The standard InChI is InChI=1S/C28H32N4O3S/c1-17(2)35-27(34)25-20(5)31-28-32(26(25)23-14-18(3)9-10-19(23)4)22(16-36-28)15-24(33)30-13-11-21-8-6-7-12-29-21/h6-10,12,14,16-17,26H,11,13,15H2,1-5H3,(H,30,33)/t26-/m1/s1. The maximum absolute atomic E-state index is 13.3. The third-order valence-corrected chi connectivity index (χ3v) is 6.95. The molecule has 1 aromatic carbocycles. The summed E-state index contributed by atoms with van der Waals surface area (Å²) in [7, 11) is 0. The van der Waals surface area contributed by atoms with Crippen molar-refractivity contribution in [1.82, 2.24) is 15.2 Å². The highest BCUT2D eigenvalue weighted by atomic mass is 32.2. The van der Waals surface area contributed by atoms with Crippen LogP contribution in [0, 0.1) is 13.8 Å². The summed E-state index contributed by atoms with van der Waals surface area (Å²) in [6.45, 7) is 10.1. The van der Waals surface area contributed by atoms with E-state index in [9.17, 15) is 9.59 Å². The molecule has 0 saturated heterocycles. The normalized spacial score (nSPS) is 17.1. The minimum Gasteiger partial charge on any atom is -0.459 e. The molecule has 8 heteroatoms. The number of aliphatic imine (C=N–C) groups is 1. The van der Waals surface area contributed by atoms with Gasteiger partial charge in [-0.15, -0.1) is 0 Å². The van der Waals surface area contributed by atoms with Gasteiger partial charge in [-0.05, 0) is 63.3 Å². The number of allylic oxidation sites excluding steroid dienone is 1. The fraction of sp³-hybridized carbons (Fsp3) is 0.357. The number of carbonyl (C=O) groups is 2. The number of pyridine rings is 1. The van der Waals surface area contributed by atoms with E-state index < -0.39 is 6.04 Å². The number of benzene rings is 1. The van der Waals surface area contributed by atoms with Crippen molar-refractivity contribution in [3.8, 4) is 0 Å². The second-order valence-electron chi connectivity index (χ2n) is 9.30. The van der Waals surface area contributed by atoms with E-state index in [-0.39, 0.29) is 24.4 Å². The Morgan fingerprint density at radius 3 is 2.69 bits per heavy atom. The quantitative estimate of drug-likeness (QED) is 0.511. The maximum Gasteiger partial charge on any atom is 0.338 e. The Balaban J connectivity index is 1.60. The first-order chi connectivity index (χ1) is 17.2. The summed E-state index contributed by atoms with van der Waals surface area (Å²) in [6.07, 6.45) is 2.34. The number of esters is 1. The van der Waals surface area contributed by atoms with Gasteiger partial charge in [-0.2, -0.15) is 0 Å². The number of thioether (sulfide) groups is 1. The first kappa shape index (κ1) is 25.7. The van der Waals surface area contributed by atoms with Crippen LogP contribution < -0.4 is 5.32 Å². The molecule has 4 rings (SSSR count). The number of hydrogen-bond acceptors (Lipinski definition) is 7. The number of ether oxygens (including phenoxy) is 1. The molecule has 0 bridgehead atoms. The Morgan fingerprint density at radius 1 is 1.17 bits per heavy atom. The summed E-state index contributed by atoms with van der Waals surface area (Å²) < 4.78 is 5.64. The molecule has 0 radical (unpaired) electrons. The lowest BCUT2D eigenvalue weighted by atomic mass is 9.90. The van der Waals surface area contributed by atoms with Gasteiger partial charge in [0.15, 0.2) is 5.17 Å². The van der Waals surface area contributed by atoms with Gasteiger partial charge in [0.25, 0.3) is 0 Å². The Hall–Kier alpha value is -3.39. The molecule has 1 aromatic heterocycles. The molecular formula is C28H32N4O3S. The smallest absolute Gasteiger partial charge is 0.338 e. The van der Waals surface area contributed by atoms with Crippen molar-refractivity contribution in [2.75, 3.05) is 6.54 Å². The molecule has 2 aliphatic rings. The molecule has 1 amide bonds. The first-order valence-electron chi connectivity index (χ1n) is 12.1. The Kier molecular flexibility index (Phi) is 7.94. The lowest BCUT2D eigenvalue weighted by molar-refractivity contribution is -0.143. The molecule has 2 aromatic rings. The maximum atomic E-state index is 13.3. The molecule has 0 saturated carbocycles. The molecule has 2 aliphatic heterocycles. The largest absolute Gasteiger partial charge is 0.459 e. The van der Waals surface area contributed by atoms with Crippen molar-refractivity contribution in [2.45, 2.75) is 59.6 Å². The van der Waals surface area contributed by atoms with E-state index in [1.807, 2.05) is 63.1 Å². The van der Waals surface area contributed by atoms with Crippen LogP contribution in [0.2, 0.25) is 0 Å². The van der Waals surface area contributed by atoms with Crippen molar-refractivity contribution < 1.29 is 14.3 Å².